The molecule has 158 valence electrons. The number of carbonyl (C=O) groups excluding carboxylic acids is 1. The first-order valence-electron chi connectivity index (χ1n) is 10.1. The summed E-state index contributed by atoms with van der Waals surface area (Å²) in [6.45, 7) is 9.01. The van der Waals surface area contributed by atoms with Gasteiger partial charge in [0, 0.05) is 25.2 Å². The van der Waals surface area contributed by atoms with Gasteiger partial charge in [-0.1, -0.05) is 58.0 Å². The molecule has 1 amide bonds. The molecule has 0 aliphatic rings. The lowest BCUT2D eigenvalue weighted by atomic mass is 10.1. The Morgan fingerprint density at radius 1 is 0.897 bits per heavy atom. The van der Waals surface area contributed by atoms with Crippen LogP contribution < -0.4 is 5.32 Å². The predicted octanol–water partition coefficient (Wildman–Crippen LogP) is 4.56. The van der Waals surface area contributed by atoms with Crippen LogP contribution in [-0.4, -0.2) is 31.7 Å². The van der Waals surface area contributed by atoms with Gasteiger partial charge in [0.1, 0.15) is 0 Å². The summed E-state index contributed by atoms with van der Waals surface area (Å²) in [7, 11) is -3.56. The Hall–Kier alpha value is -2.18. The van der Waals surface area contributed by atoms with Crippen LogP contribution in [0.5, 0.6) is 0 Å². The van der Waals surface area contributed by atoms with Crippen LogP contribution in [0.15, 0.2) is 59.5 Å². The van der Waals surface area contributed by atoms with Gasteiger partial charge >= 0.3 is 0 Å². The summed E-state index contributed by atoms with van der Waals surface area (Å²) >= 11 is 0. The Kier molecular flexibility index (Phi) is 8.41. The maximum atomic E-state index is 13.0. The highest BCUT2D eigenvalue weighted by Gasteiger charge is 2.25. The molecular formula is C23H32N2O3S. The SMILES string of the molecule is CC(C)CN(CC(C)C)S(=O)(=O)c1ccc(NC(=O)CCc2ccccc2)cc1. The molecule has 0 heterocycles. The van der Waals surface area contributed by atoms with Crippen molar-refractivity contribution < 1.29 is 13.2 Å². The molecule has 6 heteroatoms. The summed E-state index contributed by atoms with van der Waals surface area (Å²) in [6.07, 6.45) is 1.04. The van der Waals surface area contributed by atoms with E-state index in [4.69, 9.17) is 0 Å². The zero-order valence-electron chi connectivity index (χ0n) is 17.8. The number of nitrogens with one attached hydrogen (secondary N) is 1. The van der Waals surface area contributed by atoms with Crippen molar-refractivity contribution in [2.45, 2.75) is 45.4 Å². The molecule has 0 saturated heterocycles. The number of amides is 1. The second-order valence-corrected chi connectivity index (χ2v) is 10.1. The fourth-order valence-corrected chi connectivity index (χ4v) is 4.84. The van der Waals surface area contributed by atoms with Crippen LogP contribution in [0.1, 0.15) is 39.7 Å². The monoisotopic (exact) mass is 416 g/mol. The van der Waals surface area contributed by atoms with Crippen molar-refractivity contribution in [3.63, 3.8) is 0 Å². The summed E-state index contributed by atoms with van der Waals surface area (Å²) in [5.41, 5.74) is 1.71. The largest absolute Gasteiger partial charge is 0.326 e. The fourth-order valence-electron chi connectivity index (χ4n) is 3.07. The zero-order valence-corrected chi connectivity index (χ0v) is 18.6. The third-order valence-corrected chi connectivity index (χ3v) is 6.24. The number of carbonyl (C=O) groups is 1. The summed E-state index contributed by atoms with van der Waals surface area (Å²) in [5.74, 6) is 0.393. The van der Waals surface area contributed by atoms with Crippen LogP contribution in [0, 0.1) is 11.8 Å². The van der Waals surface area contributed by atoms with Crippen LogP contribution in [-0.2, 0) is 21.2 Å². The van der Waals surface area contributed by atoms with Crippen molar-refractivity contribution in [1.29, 1.82) is 0 Å². The Morgan fingerprint density at radius 2 is 1.45 bits per heavy atom. The third kappa shape index (κ3) is 7.29. The second-order valence-electron chi connectivity index (χ2n) is 8.17. The van der Waals surface area contributed by atoms with Gasteiger partial charge in [0.25, 0.3) is 0 Å². The van der Waals surface area contributed by atoms with E-state index in [-0.39, 0.29) is 22.6 Å². The van der Waals surface area contributed by atoms with Crippen molar-refractivity contribution in [3.05, 3.63) is 60.2 Å². The molecule has 0 fully saturated rings. The molecule has 2 aromatic carbocycles. The van der Waals surface area contributed by atoms with Crippen LogP contribution >= 0.6 is 0 Å². The first kappa shape index (κ1) is 23.1. The van der Waals surface area contributed by atoms with E-state index in [1.807, 2.05) is 58.0 Å². The number of sulfonamides is 1. The number of hydrogen-bond donors (Lipinski definition) is 1. The number of nitrogens with zero attached hydrogens (tertiary/aromatic N) is 1. The van der Waals surface area contributed by atoms with Crippen LogP contribution in [0.4, 0.5) is 5.69 Å². The van der Waals surface area contributed by atoms with Gasteiger partial charge in [-0.15, -0.1) is 0 Å². The van der Waals surface area contributed by atoms with Gasteiger partial charge in [-0.05, 0) is 48.1 Å². The number of aryl methyl sites for hydroxylation is 1. The number of benzene rings is 2. The third-order valence-electron chi connectivity index (χ3n) is 4.40. The highest BCUT2D eigenvalue weighted by molar-refractivity contribution is 7.89. The maximum absolute atomic E-state index is 13.0. The van der Waals surface area contributed by atoms with E-state index in [2.05, 4.69) is 5.32 Å². The number of rotatable bonds is 10. The predicted molar refractivity (Wildman–Crippen MR) is 118 cm³/mol. The fraction of sp³-hybridized carbons (Fsp3) is 0.435. The van der Waals surface area contributed by atoms with E-state index < -0.39 is 10.0 Å². The van der Waals surface area contributed by atoms with Crippen molar-refractivity contribution in [1.82, 2.24) is 4.31 Å². The standard InChI is InChI=1S/C23H32N2O3S/c1-18(2)16-25(17-19(3)4)29(27,28)22-13-11-21(12-14-22)24-23(26)15-10-20-8-6-5-7-9-20/h5-9,11-14,18-19H,10,15-17H2,1-4H3,(H,24,26). The minimum atomic E-state index is -3.56. The van der Waals surface area contributed by atoms with Crippen molar-refractivity contribution in [3.8, 4) is 0 Å². The van der Waals surface area contributed by atoms with E-state index in [1.54, 1.807) is 28.6 Å². The molecule has 2 rings (SSSR count). The molecule has 5 nitrogen and oxygen atoms in total. The highest BCUT2D eigenvalue weighted by atomic mass is 32.2. The van der Waals surface area contributed by atoms with E-state index >= 15 is 0 Å². The average Bonchev–Trinajstić information content (AvgIpc) is 2.66. The average molecular weight is 417 g/mol. The van der Waals surface area contributed by atoms with E-state index in [1.165, 1.54) is 0 Å². The number of hydrogen-bond acceptors (Lipinski definition) is 3. The molecule has 2 aromatic rings. The molecule has 1 N–H and O–H groups in total. The Labute approximate surface area is 175 Å². The summed E-state index contributed by atoms with van der Waals surface area (Å²) in [5, 5.41) is 2.84. The first-order valence-corrected chi connectivity index (χ1v) is 11.6. The van der Waals surface area contributed by atoms with E-state index in [0.29, 0.717) is 31.6 Å². The molecule has 0 saturated carbocycles. The smallest absolute Gasteiger partial charge is 0.243 e. The maximum Gasteiger partial charge on any atom is 0.243 e. The molecule has 0 aliphatic carbocycles. The van der Waals surface area contributed by atoms with Gasteiger partial charge in [0.2, 0.25) is 15.9 Å². The molecule has 0 atom stereocenters. The minimum absolute atomic E-state index is 0.0919. The lowest BCUT2D eigenvalue weighted by molar-refractivity contribution is -0.116. The van der Waals surface area contributed by atoms with Crippen LogP contribution in [0.2, 0.25) is 0 Å². The summed E-state index contributed by atoms with van der Waals surface area (Å²) in [6, 6.07) is 16.3. The topological polar surface area (TPSA) is 66.5 Å². The molecule has 0 aliphatic heterocycles. The van der Waals surface area contributed by atoms with Gasteiger partial charge in [0.05, 0.1) is 4.90 Å². The molecular weight excluding hydrogens is 384 g/mol. The molecule has 0 unspecified atom stereocenters. The minimum Gasteiger partial charge on any atom is -0.326 e. The molecule has 0 spiro atoms. The Morgan fingerprint density at radius 3 is 1.97 bits per heavy atom. The zero-order chi connectivity index (χ0) is 21.4. The second kappa shape index (κ2) is 10.6. The molecule has 0 bridgehead atoms. The molecule has 0 radical (unpaired) electrons. The normalized spacial score (nSPS) is 12.0. The van der Waals surface area contributed by atoms with E-state index in [0.717, 1.165) is 5.56 Å². The Bertz CT molecular complexity index is 866. The quantitative estimate of drug-likeness (QED) is 0.617. The first-order chi connectivity index (χ1) is 13.7. The lowest BCUT2D eigenvalue weighted by Crippen LogP contribution is -2.37. The highest BCUT2D eigenvalue weighted by Crippen LogP contribution is 2.21. The van der Waals surface area contributed by atoms with Crippen LogP contribution in [0.25, 0.3) is 0 Å². The van der Waals surface area contributed by atoms with E-state index in [9.17, 15) is 13.2 Å². The van der Waals surface area contributed by atoms with Crippen molar-refractivity contribution in [2.75, 3.05) is 18.4 Å². The van der Waals surface area contributed by atoms with Gasteiger partial charge in [-0.2, -0.15) is 4.31 Å². The van der Waals surface area contributed by atoms with Gasteiger partial charge in [-0.3, -0.25) is 4.79 Å². The van der Waals surface area contributed by atoms with Gasteiger partial charge in [0.15, 0.2) is 0 Å². The van der Waals surface area contributed by atoms with Gasteiger partial charge in [-0.25, -0.2) is 8.42 Å². The lowest BCUT2D eigenvalue weighted by Gasteiger charge is -2.25. The number of anilines is 1. The van der Waals surface area contributed by atoms with Crippen molar-refractivity contribution in [2.24, 2.45) is 11.8 Å². The molecule has 0 aromatic heterocycles. The summed E-state index contributed by atoms with van der Waals surface area (Å²) < 4.78 is 27.6. The van der Waals surface area contributed by atoms with Crippen LogP contribution in [0.3, 0.4) is 0 Å². The molecule has 29 heavy (non-hydrogen) atoms. The van der Waals surface area contributed by atoms with Crippen molar-refractivity contribution >= 4 is 21.6 Å². The Balaban J connectivity index is 2.02. The van der Waals surface area contributed by atoms with Gasteiger partial charge < -0.3 is 5.32 Å². The summed E-state index contributed by atoms with van der Waals surface area (Å²) in [4.78, 5) is 12.4.